The maximum atomic E-state index is 8.66. The first-order valence-electron chi connectivity index (χ1n) is 3.67. The van der Waals surface area contributed by atoms with Crippen molar-refractivity contribution in [3.8, 4) is 18.2 Å². The molecule has 0 heterocycles. The standard InChI is InChI=1S/C9H3N6/c10-1-4-7(13)5(2-11)9(15)6(3-12)8(4)14/h13-15H/q+3. The number of hydrogen-bond donors (Lipinski definition) is 3. The summed E-state index contributed by atoms with van der Waals surface area (Å²) in [6.07, 6.45) is 0. The Bertz CT molecular complexity index is 379. The third-order valence-electron chi connectivity index (χ3n) is 1.84. The van der Waals surface area contributed by atoms with Gasteiger partial charge in [-0.25, -0.2) is 16.2 Å². The first kappa shape index (κ1) is 10.2. The van der Waals surface area contributed by atoms with E-state index in [4.69, 9.17) is 32.0 Å². The van der Waals surface area contributed by atoms with E-state index in [0.717, 1.165) is 0 Å². The Labute approximate surface area is 85.9 Å². The van der Waals surface area contributed by atoms with Gasteiger partial charge in [-0.1, -0.05) is 0 Å². The minimum absolute atomic E-state index is 0.348. The molecule has 0 aromatic rings. The lowest BCUT2D eigenvalue weighted by Gasteiger charge is -1.96. The van der Waals surface area contributed by atoms with Crippen LogP contribution in [0, 0.1) is 68.0 Å². The summed E-state index contributed by atoms with van der Waals surface area (Å²) in [5, 5.41) is 48.2. The highest BCUT2D eigenvalue weighted by Crippen LogP contribution is 2.28. The number of rotatable bonds is 0. The molecule has 0 aromatic heterocycles. The van der Waals surface area contributed by atoms with Crippen LogP contribution < -0.4 is 0 Å². The maximum absolute atomic E-state index is 8.66. The zero-order valence-electron chi connectivity index (χ0n) is 7.34. The van der Waals surface area contributed by atoms with E-state index in [2.05, 4.69) is 0 Å². The fourth-order valence-corrected chi connectivity index (χ4v) is 1.09. The van der Waals surface area contributed by atoms with E-state index in [1.165, 1.54) is 0 Å². The van der Waals surface area contributed by atoms with E-state index in [1.807, 2.05) is 0 Å². The van der Waals surface area contributed by atoms with Gasteiger partial charge >= 0.3 is 53.1 Å². The van der Waals surface area contributed by atoms with Gasteiger partial charge in [-0.05, 0) is 0 Å². The van der Waals surface area contributed by atoms with Crippen molar-refractivity contribution >= 4 is 17.1 Å². The molecule has 1 aliphatic rings. The predicted octanol–water partition coefficient (Wildman–Crippen LogP) is 0.354. The smallest absolute Gasteiger partial charge is 0.217 e. The summed E-state index contributed by atoms with van der Waals surface area (Å²) in [6.45, 7) is 0. The molecule has 6 nitrogen and oxygen atoms in total. The van der Waals surface area contributed by atoms with Gasteiger partial charge in [-0.3, -0.25) is 0 Å². The zero-order chi connectivity index (χ0) is 11.6. The highest BCUT2D eigenvalue weighted by atomic mass is 14.7. The van der Waals surface area contributed by atoms with Gasteiger partial charge in [0.2, 0.25) is 0 Å². The highest BCUT2D eigenvalue weighted by molar-refractivity contribution is 6.51. The number of nitriles is 3. The second-order valence-corrected chi connectivity index (χ2v) is 2.59. The number of nitrogens with one attached hydrogen (secondary N) is 3. The summed E-state index contributed by atoms with van der Waals surface area (Å²) >= 11 is 0. The minimum atomic E-state index is -0.464. The summed E-state index contributed by atoms with van der Waals surface area (Å²) in [5.74, 6) is -1.04. The van der Waals surface area contributed by atoms with Crippen LogP contribution >= 0.6 is 0 Å². The molecule has 0 bridgehead atoms. The van der Waals surface area contributed by atoms with Crippen LogP contribution in [0.5, 0.6) is 0 Å². The summed E-state index contributed by atoms with van der Waals surface area (Å²) < 4.78 is 0. The Balaban J connectivity index is 3.25. The molecule has 0 amide bonds. The Morgan fingerprint density at radius 3 is 1.00 bits per heavy atom. The van der Waals surface area contributed by atoms with E-state index in [1.54, 1.807) is 18.2 Å². The van der Waals surface area contributed by atoms with E-state index < -0.39 is 17.1 Å². The van der Waals surface area contributed by atoms with Crippen molar-refractivity contribution < 1.29 is 0 Å². The van der Waals surface area contributed by atoms with Gasteiger partial charge in [0.1, 0.15) is 0 Å². The SMILES string of the molecule is N#C[C+]1C(=N)[C+](C#N)C(=N)[C+](C#N)C1=N. The molecule has 3 N–H and O–H groups in total. The maximum Gasteiger partial charge on any atom is 0.434 e. The molecule has 6 heteroatoms. The summed E-state index contributed by atoms with van der Waals surface area (Å²) in [6, 6.07) is 4.74. The first-order valence-corrected chi connectivity index (χ1v) is 3.67. The molecule has 66 valence electrons. The molecule has 1 aliphatic carbocycles. The van der Waals surface area contributed by atoms with Crippen LogP contribution in [0.4, 0.5) is 0 Å². The van der Waals surface area contributed by atoms with Crippen molar-refractivity contribution in [3.05, 3.63) is 17.8 Å². The third kappa shape index (κ3) is 1.25. The summed E-state index contributed by atoms with van der Waals surface area (Å²) in [7, 11) is 0. The van der Waals surface area contributed by atoms with Crippen LogP contribution in [0.15, 0.2) is 0 Å². The lowest BCUT2D eigenvalue weighted by Crippen LogP contribution is -2.42. The first-order chi connectivity index (χ1) is 7.08. The van der Waals surface area contributed by atoms with Crippen LogP contribution in [-0.4, -0.2) is 17.1 Å². The largest absolute Gasteiger partial charge is 0.434 e. The van der Waals surface area contributed by atoms with Gasteiger partial charge in [-0.2, -0.15) is 0 Å². The van der Waals surface area contributed by atoms with Crippen molar-refractivity contribution in [3.63, 3.8) is 0 Å². The monoisotopic (exact) mass is 195 g/mol. The fraction of sp³-hybridized carbons (Fsp3) is 0. The average molecular weight is 195 g/mol. The second kappa shape index (κ2) is 3.45. The summed E-state index contributed by atoms with van der Waals surface area (Å²) in [4.78, 5) is 0. The van der Waals surface area contributed by atoms with Crippen molar-refractivity contribution in [1.82, 2.24) is 0 Å². The molecule has 1 saturated carbocycles. The van der Waals surface area contributed by atoms with Gasteiger partial charge in [0.15, 0.2) is 0 Å². The van der Waals surface area contributed by atoms with Gasteiger partial charge in [-0.15, -0.1) is 15.8 Å². The van der Waals surface area contributed by atoms with Crippen LogP contribution in [0.3, 0.4) is 0 Å². The lowest BCUT2D eigenvalue weighted by molar-refractivity contribution is 1.26. The van der Waals surface area contributed by atoms with Crippen molar-refractivity contribution in [2.45, 2.75) is 0 Å². The number of nitrogens with zero attached hydrogens (tertiary/aromatic N) is 3. The molecule has 0 aliphatic heterocycles. The molecule has 0 saturated heterocycles. The van der Waals surface area contributed by atoms with Gasteiger partial charge in [0, 0.05) is 0 Å². The van der Waals surface area contributed by atoms with E-state index in [0.29, 0.717) is 0 Å². The molecule has 0 spiro atoms. The van der Waals surface area contributed by atoms with Crippen LogP contribution in [0.25, 0.3) is 0 Å². The van der Waals surface area contributed by atoms with Crippen LogP contribution in [-0.2, 0) is 0 Å². The molecule has 15 heavy (non-hydrogen) atoms. The van der Waals surface area contributed by atoms with E-state index in [-0.39, 0.29) is 17.8 Å². The molecule has 1 fully saturated rings. The Morgan fingerprint density at radius 2 is 0.867 bits per heavy atom. The van der Waals surface area contributed by atoms with E-state index in [9.17, 15) is 0 Å². The third-order valence-corrected chi connectivity index (χ3v) is 1.84. The molecular weight excluding hydrogens is 192 g/mol. The van der Waals surface area contributed by atoms with Crippen LogP contribution in [0.2, 0.25) is 0 Å². The normalized spacial score (nSPS) is 15.8. The van der Waals surface area contributed by atoms with Gasteiger partial charge in [0.05, 0.1) is 0 Å². The second-order valence-electron chi connectivity index (χ2n) is 2.59. The Hall–Kier alpha value is -2.91. The van der Waals surface area contributed by atoms with Crippen molar-refractivity contribution in [1.29, 1.82) is 32.0 Å². The van der Waals surface area contributed by atoms with Crippen molar-refractivity contribution in [2.75, 3.05) is 0 Å². The minimum Gasteiger partial charge on any atom is -0.217 e. The molecule has 1 rings (SSSR count). The van der Waals surface area contributed by atoms with Crippen LogP contribution in [0.1, 0.15) is 0 Å². The topological polar surface area (TPSA) is 143 Å². The van der Waals surface area contributed by atoms with Gasteiger partial charge in [0.25, 0.3) is 0 Å². The van der Waals surface area contributed by atoms with Gasteiger partial charge < -0.3 is 0 Å². The molecule has 0 radical (unpaired) electrons. The Morgan fingerprint density at radius 1 is 0.667 bits per heavy atom. The predicted molar refractivity (Wildman–Crippen MR) is 49.7 cm³/mol. The van der Waals surface area contributed by atoms with E-state index >= 15 is 0 Å². The van der Waals surface area contributed by atoms with Crippen molar-refractivity contribution in [2.24, 2.45) is 0 Å². The molecular formula is C9H3N6+3. The highest BCUT2D eigenvalue weighted by Gasteiger charge is 2.73. The molecule has 0 aromatic carbocycles. The molecule has 0 atom stereocenters. The summed E-state index contributed by atoms with van der Waals surface area (Å²) in [5.41, 5.74) is -1.39. The lowest BCUT2D eigenvalue weighted by atomic mass is 9.72. The quantitative estimate of drug-likeness (QED) is 0.479. The number of hydrogen-bond acceptors (Lipinski definition) is 6. The Kier molecular flexibility index (Phi) is 2.34. The fourth-order valence-electron chi connectivity index (χ4n) is 1.09. The average Bonchev–Trinajstić information content (AvgIpc) is 2.19. The zero-order valence-corrected chi connectivity index (χ0v) is 7.34. The molecule has 0 unspecified atom stereocenters.